The summed E-state index contributed by atoms with van der Waals surface area (Å²) in [5.74, 6) is 5.18. The molecule has 0 fully saturated rings. The van der Waals surface area contributed by atoms with Crippen molar-refractivity contribution in [1.29, 1.82) is 0 Å². The number of nitrogens with two attached hydrogens (primary N) is 1. The largest absolute Gasteiger partial charge is 0.398 e. The van der Waals surface area contributed by atoms with Crippen molar-refractivity contribution in [3.05, 3.63) is 41.5 Å². The molecule has 2 rings (SSSR count). The standard InChI is InChI=1S/C14H9N/c1-3-10-6-5-7-12-9-14(15)11(4-2)8-13(10)12/h1-2,5-9H,15H2. The molecule has 0 aliphatic carbocycles. The number of fused-ring (bicyclic) bond motifs is 1. The van der Waals surface area contributed by atoms with Crippen LogP contribution >= 0.6 is 0 Å². The van der Waals surface area contributed by atoms with E-state index >= 15 is 0 Å². The first-order chi connectivity index (χ1) is 7.26. The summed E-state index contributed by atoms with van der Waals surface area (Å²) < 4.78 is 0. The zero-order chi connectivity index (χ0) is 10.8. The summed E-state index contributed by atoms with van der Waals surface area (Å²) in [7, 11) is 0. The van der Waals surface area contributed by atoms with Crippen LogP contribution in [0, 0.1) is 24.7 Å². The normalized spacial score (nSPS) is 9.47. The number of benzene rings is 2. The Morgan fingerprint density at radius 3 is 2.40 bits per heavy atom. The van der Waals surface area contributed by atoms with Crippen LogP contribution in [-0.2, 0) is 0 Å². The number of hydrogen-bond acceptors (Lipinski definition) is 1. The maximum atomic E-state index is 5.79. The minimum absolute atomic E-state index is 0.610. The van der Waals surface area contributed by atoms with E-state index in [-0.39, 0.29) is 0 Å². The molecule has 0 atom stereocenters. The first kappa shape index (κ1) is 9.19. The first-order valence-corrected chi connectivity index (χ1v) is 4.51. The predicted octanol–water partition coefficient (Wildman–Crippen LogP) is 2.38. The van der Waals surface area contributed by atoms with Gasteiger partial charge in [-0.3, -0.25) is 0 Å². The van der Waals surface area contributed by atoms with Crippen molar-refractivity contribution in [1.82, 2.24) is 0 Å². The lowest BCUT2D eigenvalue weighted by atomic mass is 10.0. The molecule has 2 N–H and O–H groups in total. The third kappa shape index (κ3) is 1.41. The van der Waals surface area contributed by atoms with Crippen molar-refractivity contribution < 1.29 is 0 Å². The van der Waals surface area contributed by atoms with E-state index in [1.165, 1.54) is 0 Å². The van der Waals surface area contributed by atoms with Crippen LogP contribution in [0.3, 0.4) is 0 Å². The zero-order valence-corrected chi connectivity index (χ0v) is 8.12. The van der Waals surface area contributed by atoms with Gasteiger partial charge in [0.15, 0.2) is 0 Å². The predicted molar refractivity (Wildman–Crippen MR) is 64.2 cm³/mol. The van der Waals surface area contributed by atoms with E-state index in [1.807, 2.05) is 30.3 Å². The highest BCUT2D eigenvalue weighted by Gasteiger charge is 2.02. The second kappa shape index (κ2) is 3.40. The second-order valence-corrected chi connectivity index (χ2v) is 3.25. The van der Waals surface area contributed by atoms with Crippen LogP contribution in [0.15, 0.2) is 30.3 Å². The Kier molecular flexibility index (Phi) is 2.08. The molecule has 0 heterocycles. The molecule has 1 nitrogen and oxygen atoms in total. The van der Waals surface area contributed by atoms with E-state index in [0.29, 0.717) is 11.3 Å². The van der Waals surface area contributed by atoms with E-state index < -0.39 is 0 Å². The highest BCUT2D eigenvalue weighted by molar-refractivity contribution is 5.92. The maximum Gasteiger partial charge on any atom is 0.0479 e. The van der Waals surface area contributed by atoms with Crippen molar-refractivity contribution >= 4 is 16.5 Å². The average Bonchev–Trinajstić information content (AvgIpc) is 2.27. The van der Waals surface area contributed by atoms with Crippen molar-refractivity contribution in [3.63, 3.8) is 0 Å². The molecule has 0 amide bonds. The van der Waals surface area contributed by atoms with E-state index in [1.54, 1.807) is 0 Å². The molecule has 0 unspecified atom stereocenters. The summed E-state index contributed by atoms with van der Waals surface area (Å²) in [6.45, 7) is 0. The minimum Gasteiger partial charge on any atom is -0.398 e. The Morgan fingerprint density at radius 2 is 1.73 bits per heavy atom. The van der Waals surface area contributed by atoms with Crippen molar-refractivity contribution in [3.8, 4) is 24.7 Å². The summed E-state index contributed by atoms with van der Waals surface area (Å²) >= 11 is 0. The number of rotatable bonds is 0. The molecule has 0 aliphatic rings. The van der Waals surface area contributed by atoms with Gasteiger partial charge in [0.05, 0.1) is 0 Å². The van der Waals surface area contributed by atoms with Gasteiger partial charge in [-0.1, -0.05) is 24.0 Å². The Bertz CT molecular complexity index is 609. The molecule has 0 aromatic heterocycles. The van der Waals surface area contributed by atoms with Crippen molar-refractivity contribution in [2.45, 2.75) is 0 Å². The summed E-state index contributed by atoms with van der Waals surface area (Å²) in [4.78, 5) is 0. The topological polar surface area (TPSA) is 26.0 Å². The molecule has 0 aliphatic heterocycles. The minimum atomic E-state index is 0.610. The van der Waals surface area contributed by atoms with Crippen LogP contribution in [0.5, 0.6) is 0 Å². The van der Waals surface area contributed by atoms with Crippen LogP contribution < -0.4 is 5.73 Å². The molecule has 0 saturated heterocycles. The second-order valence-electron chi connectivity index (χ2n) is 3.25. The molecule has 2 aromatic rings. The third-order valence-corrected chi connectivity index (χ3v) is 2.36. The molecule has 0 spiro atoms. The highest BCUT2D eigenvalue weighted by atomic mass is 14.6. The van der Waals surface area contributed by atoms with Gasteiger partial charge in [0, 0.05) is 16.8 Å². The lowest BCUT2D eigenvalue weighted by Crippen LogP contribution is -1.91. The van der Waals surface area contributed by atoms with Gasteiger partial charge in [-0.25, -0.2) is 0 Å². The quantitative estimate of drug-likeness (QED) is 0.502. The Morgan fingerprint density at radius 1 is 1.00 bits per heavy atom. The van der Waals surface area contributed by atoms with Gasteiger partial charge in [0.25, 0.3) is 0 Å². The lowest BCUT2D eigenvalue weighted by molar-refractivity contribution is 1.65. The van der Waals surface area contributed by atoms with Crippen LogP contribution in [0.2, 0.25) is 0 Å². The zero-order valence-electron chi connectivity index (χ0n) is 8.12. The summed E-state index contributed by atoms with van der Waals surface area (Å²) in [6, 6.07) is 9.48. The molecular formula is C14H9N. The van der Waals surface area contributed by atoms with Crippen LogP contribution in [0.4, 0.5) is 5.69 Å². The number of anilines is 1. The number of terminal acetylenes is 2. The van der Waals surface area contributed by atoms with E-state index in [9.17, 15) is 0 Å². The SMILES string of the molecule is C#Cc1cc2c(C#C)cccc2cc1N. The Hall–Kier alpha value is -2.38. The fourth-order valence-electron chi connectivity index (χ4n) is 1.59. The third-order valence-electron chi connectivity index (χ3n) is 2.36. The maximum absolute atomic E-state index is 5.79. The molecule has 2 aromatic carbocycles. The van der Waals surface area contributed by atoms with Gasteiger partial charge in [-0.15, -0.1) is 12.8 Å². The molecule has 70 valence electrons. The number of hydrogen-bond donors (Lipinski definition) is 1. The smallest absolute Gasteiger partial charge is 0.0479 e. The summed E-state index contributed by atoms with van der Waals surface area (Å²) in [6.07, 6.45) is 10.8. The molecule has 0 saturated carbocycles. The van der Waals surface area contributed by atoms with Gasteiger partial charge >= 0.3 is 0 Å². The fourth-order valence-corrected chi connectivity index (χ4v) is 1.59. The van der Waals surface area contributed by atoms with E-state index in [2.05, 4.69) is 11.8 Å². The van der Waals surface area contributed by atoms with Gasteiger partial charge in [-0.05, 0) is 29.0 Å². The van der Waals surface area contributed by atoms with Gasteiger partial charge < -0.3 is 5.73 Å². The van der Waals surface area contributed by atoms with Gasteiger partial charge in [-0.2, -0.15) is 0 Å². The Labute approximate surface area is 88.9 Å². The van der Waals surface area contributed by atoms with E-state index in [0.717, 1.165) is 16.3 Å². The van der Waals surface area contributed by atoms with Crippen LogP contribution in [0.1, 0.15) is 11.1 Å². The molecule has 1 heteroatoms. The molecule has 15 heavy (non-hydrogen) atoms. The first-order valence-electron chi connectivity index (χ1n) is 4.51. The Balaban J connectivity index is 2.91. The number of nitrogen functional groups attached to an aromatic ring is 1. The van der Waals surface area contributed by atoms with Crippen LogP contribution in [-0.4, -0.2) is 0 Å². The molecular weight excluding hydrogens is 182 g/mol. The average molecular weight is 191 g/mol. The van der Waals surface area contributed by atoms with Crippen LogP contribution in [0.25, 0.3) is 10.8 Å². The molecule has 0 radical (unpaired) electrons. The monoisotopic (exact) mass is 191 g/mol. The molecule has 0 bridgehead atoms. The lowest BCUT2D eigenvalue weighted by Gasteiger charge is -2.04. The summed E-state index contributed by atoms with van der Waals surface area (Å²) in [5.41, 5.74) is 7.93. The van der Waals surface area contributed by atoms with Crippen molar-refractivity contribution in [2.75, 3.05) is 5.73 Å². The van der Waals surface area contributed by atoms with Gasteiger partial charge in [0.1, 0.15) is 0 Å². The summed E-state index contributed by atoms with van der Waals surface area (Å²) in [5, 5.41) is 1.99. The van der Waals surface area contributed by atoms with Crippen molar-refractivity contribution in [2.24, 2.45) is 0 Å². The highest BCUT2D eigenvalue weighted by Crippen LogP contribution is 2.23. The van der Waals surface area contributed by atoms with Gasteiger partial charge in [0.2, 0.25) is 0 Å². The fraction of sp³-hybridized carbons (Fsp3) is 0. The van der Waals surface area contributed by atoms with E-state index in [4.69, 9.17) is 18.6 Å².